The lowest BCUT2D eigenvalue weighted by Gasteiger charge is -2.17. The molecule has 3 rings (SSSR count). The lowest BCUT2D eigenvalue weighted by molar-refractivity contribution is 0.0858. The normalized spacial score (nSPS) is 12.5. The molecule has 0 aliphatic carbocycles. The Morgan fingerprint density at radius 2 is 2.03 bits per heavy atom. The van der Waals surface area contributed by atoms with Crippen molar-refractivity contribution in [2.24, 2.45) is 10.9 Å². The van der Waals surface area contributed by atoms with Crippen LogP contribution in [0.25, 0.3) is 11.0 Å². The minimum atomic E-state index is -1.24. The van der Waals surface area contributed by atoms with Crippen molar-refractivity contribution in [1.82, 2.24) is 9.55 Å². The Labute approximate surface area is 189 Å². The molecule has 3 aromatic rings. The van der Waals surface area contributed by atoms with E-state index < -0.39 is 13.9 Å². The predicted octanol–water partition coefficient (Wildman–Crippen LogP) is 5.45. The summed E-state index contributed by atoms with van der Waals surface area (Å²) in [6, 6.07) is 9.39. The Morgan fingerprint density at radius 1 is 1.29 bits per heavy atom. The molecule has 0 aliphatic heterocycles. The van der Waals surface area contributed by atoms with Gasteiger partial charge in [-0.2, -0.15) is 0 Å². The van der Waals surface area contributed by atoms with Gasteiger partial charge in [0, 0.05) is 32.4 Å². The molecule has 0 radical (unpaired) electrons. The minimum absolute atomic E-state index is 0.0206. The molecule has 0 unspecified atom stereocenters. The van der Waals surface area contributed by atoms with Gasteiger partial charge in [-0.3, -0.25) is 4.57 Å². The molecule has 3 N–H and O–H groups in total. The highest BCUT2D eigenvalue weighted by atomic mass is 79.9. The number of nitrogens with two attached hydrogens (primary N) is 1. The lowest BCUT2D eigenvalue weighted by Crippen LogP contribution is -2.22. The monoisotopic (exact) mass is 508 g/mol. The van der Waals surface area contributed by atoms with Crippen molar-refractivity contribution in [3.05, 3.63) is 51.9 Å². The first kappa shape index (κ1) is 23.2. The van der Waals surface area contributed by atoms with E-state index in [0.717, 1.165) is 11.6 Å². The van der Waals surface area contributed by atoms with Crippen molar-refractivity contribution in [1.29, 1.82) is 0 Å². The highest BCUT2D eigenvalue weighted by molar-refractivity contribution is 9.10. The van der Waals surface area contributed by atoms with E-state index in [-0.39, 0.29) is 17.2 Å². The topological polar surface area (TPSA) is 94.9 Å². The summed E-state index contributed by atoms with van der Waals surface area (Å²) in [5.74, 6) is 0.487. The molecule has 31 heavy (non-hydrogen) atoms. The molecule has 0 spiro atoms. The second kappa shape index (κ2) is 9.37. The van der Waals surface area contributed by atoms with E-state index >= 15 is 0 Å². The third kappa shape index (κ3) is 5.63. The van der Waals surface area contributed by atoms with Crippen LogP contribution >= 0.6 is 15.9 Å². The Kier molecular flexibility index (Phi) is 7.02. The minimum Gasteiger partial charge on any atom is -0.440 e. The van der Waals surface area contributed by atoms with Crippen molar-refractivity contribution in [3.63, 3.8) is 0 Å². The van der Waals surface area contributed by atoms with Crippen LogP contribution in [0.15, 0.2) is 40.1 Å². The summed E-state index contributed by atoms with van der Waals surface area (Å²) in [5, 5.41) is 12.0. The summed E-state index contributed by atoms with van der Waals surface area (Å²) in [5.41, 5.74) is 8.22. The van der Waals surface area contributed by atoms with Gasteiger partial charge in [0.25, 0.3) is 0 Å². The molecular weight excluding hydrogens is 483 g/mol. The van der Waals surface area contributed by atoms with Crippen molar-refractivity contribution in [2.75, 3.05) is 6.61 Å². The number of ether oxygens (including phenoxy) is 2. The average molecular weight is 509 g/mol. The van der Waals surface area contributed by atoms with Gasteiger partial charge >= 0.3 is 0 Å². The van der Waals surface area contributed by atoms with Crippen LogP contribution in [0, 0.1) is 12.7 Å². The van der Waals surface area contributed by atoms with Gasteiger partial charge in [0.05, 0.1) is 11.0 Å². The standard InChI is InChI=1S/C21H26BrFN4O3Si/c1-13-5-6-14(21(24)26-28)9-18(13)30-19-11-16-17(10-15(23)20(22)25-16)27(19)12-29-7-8-31(2,3)4/h5-6,9-11,28H,7-8,12H2,1-4H3,(H2,24,26). The van der Waals surface area contributed by atoms with E-state index in [1.54, 1.807) is 22.8 Å². The van der Waals surface area contributed by atoms with Crippen LogP contribution in [-0.4, -0.2) is 35.3 Å². The highest BCUT2D eigenvalue weighted by Crippen LogP contribution is 2.32. The zero-order chi connectivity index (χ0) is 22.8. The molecular formula is C21H26BrFN4O3Si. The second-order valence-corrected chi connectivity index (χ2v) is 14.9. The quantitative estimate of drug-likeness (QED) is 0.0802. The first-order chi connectivity index (χ1) is 14.6. The number of amidine groups is 1. The highest BCUT2D eigenvalue weighted by Gasteiger charge is 2.17. The van der Waals surface area contributed by atoms with Gasteiger partial charge < -0.3 is 20.4 Å². The Morgan fingerprint density at radius 3 is 2.71 bits per heavy atom. The molecule has 166 valence electrons. The number of oxime groups is 1. The van der Waals surface area contributed by atoms with E-state index in [2.05, 4.69) is 45.7 Å². The Balaban J connectivity index is 1.97. The number of pyridine rings is 1. The summed E-state index contributed by atoms with van der Waals surface area (Å²) in [7, 11) is -1.24. The number of benzene rings is 1. The fraction of sp³-hybridized carbons (Fsp3) is 0.333. The molecule has 0 saturated carbocycles. The molecule has 1 aromatic carbocycles. The number of hydrogen-bond acceptors (Lipinski definition) is 5. The molecule has 10 heteroatoms. The van der Waals surface area contributed by atoms with E-state index in [1.165, 1.54) is 6.07 Å². The predicted molar refractivity (Wildman–Crippen MR) is 125 cm³/mol. The van der Waals surface area contributed by atoms with Crippen LogP contribution in [-0.2, 0) is 11.5 Å². The SMILES string of the molecule is Cc1ccc(/C(N)=N/O)cc1Oc1cc2nc(Br)c(F)cc2n1COCC[Si](C)(C)C. The van der Waals surface area contributed by atoms with Gasteiger partial charge in [-0.25, -0.2) is 9.37 Å². The van der Waals surface area contributed by atoms with Crippen LogP contribution < -0.4 is 10.5 Å². The maximum absolute atomic E-state index is 14.2. The zero-order valence-electron chi connectivity index (χ0n) is 17.9. The molecule has 0 fully saturated rings. The molecule has 0 amide bonds. The van der Waals surface area contributed by atoms with Crippen molar-refractivity contribution >= 4 is 40.9 Å². The van der Waals surface area contributed by atoms with E-state index in [9.17, 15) is 4.39 Å². The van der Waals surface area contributed by atoms with Gasteiger partial charge in [0.1, 0.15) is 17.1 Å². The third-order valence-corrected chi connectivity index (χ3v) is 7.04. The number of aryl methyl sites for hydroxylation is 1. The molecule has 0 aliphatic rings. The van der Waals surface area contributed by atoms with Gasteiger partial charge in [-0.1, -0.05) is 36.9 Å². The smallest absolute Gasteiger partial charge is 0.204 e. The van der Waals surface area contributed by atoms with Crippen molar-refractivity contribution < 1.29 is 19.1 Å². The summed E-state index contributed by atoms with van der Waals surface area (Å²) in [6.45, 7) is 9.54. The van der Waals surface area contributed by atoms with Crippen LogP contribution in [0.3, 0.4) is 0 Å². The van der Waals surface area contributed by atoms with E-state index in [1.807, 2.05) is 13.0 Å². The third-order valence-electron chi connectivity index (χ3n) is 4.78. The average Bonchev–Trinajstić information content (AvgIpc) is 3.02. The maximum Gasteiger partial charge on any atom is 0.204 e. The maximum atomic E-state index is 14.2. The van der Waals surface area contributed by atoms with Crippen molar-refractivity contribution in [3.8, 4) is 11.6 Å². The number of aromatic nitrogens is 2. The first-order valence-corrected chi connectivity index (χ1v) is 14.3. The van der Waals surface area contributed by atoms with E-state index in [4.69, 9.17) is 20.4 Å². The Bertz CT molecular complexity index is 1130. The molecule has 2 heterocycles. The van der Waals surface area contributed by atoms with Crippen LogP contribution in [0.4, 0.5) is 4.39 Å². The fourth-order valence-corrected chi connectivity index (χ4v) is 3.96. The van der Waals surface area contributed by atoms with Crippen molar-refractivity contribution in [2.45, 2.75) is 39.3 Å². The number of fused-ring (bicyclic) bond motifs is 1. The molecule has 0 saturated heterocycles. The fourth-order valence-electron chi connectivity index (χ4n) is 2.90. The number of hydrogen-bond donors (Lipinski definition) is 2. The first-order valence-electron chi connectivity index (χ1n) is 9.78. The summed E-state index contributed by atoms with van der Waals surface area (Å²) >= 11 is 3.13. The summed E-state index contributed by atoms with van der Waals surface area (Å²) in [6.07, 6.45) is 0. The molecule has 0 atom stereocenters. The van der Waals surface area contributed by atoms with Crippen LogP contribution in [0.1, 0.15) is 11.1 Å². The zero-order valence-corrected chi connectivity index (χ0v) is 20.5. The van der Waals surface area contributed by atoms with Gasteiger partial charge in [0.15, 0.2) is 11.7 Å². The van der Waals surface area contributed by atoms with Crippen LogP contribution in [0.2, 0.25) is 25.7 Å². The summed E-state index contributed by atoms with van der Waals surface area (Å²) in [4.78, 5) is 4.27. The number of rotatable bonds is 8. The van der Waals surface area contributed by atoms with E-state index in [0.29, 0.717) is 34.8 Å². The molecule has 7 nitrogen and oxygen atoms in total. The number of halogens is 2. The van der Waals surface area contributed by atoms with Gasteiger partial charge in [0.2, 0.25) is 5.88 Å². The van der Waals surface area contributed by atoms with Crippen LogP contribution in [0.5, 0.6) is 11.6 Å². The van der Waals surface area contributed by atoms with Gasteiger partial charge in [-0.05, 0) is 40.5 Å². The number of nitrogens with zero attached hydrogens (tertiary/aromatic N) is 3. The lowest BCUT2D eigenvalue weighted by atomic mass is 10.1. The Hall–Kier alpha value is -2.43. The summed E-state index contributed by atoms with van der Waals surface area (Å²) < 4.78 is 28.1. The second-order valence-electron chi connectivity index (χ2n) is 8.49. The molecule has 0 bridgehead atoms. The molecule has 2 aromatic heterocycles. The van der Waals surface area contributed by atoms with Gasteiger partial charge in [-0.15, -0.1) is 0 Å². The largest absolute Gasteiger partial charge is 0.440 e.